The predicted octanol–water partition coefficient (Wildman–Crippen LogP) is 2.44. The molecule has 0 saturated carbocycles. The molecule has 6 nitrogen and oxygen atoms in total. The number of nitrogens with zero attached hydrogens (tertiary/aromatic N) is 4. The van der Waals surface area contributed by atoms with Crippen molar-refractivity contribution >= 4 is 17.5 Å². The van der Waals surface area contributed by atoms with Crippen LogP contribution in [0.2, 0.25) is 0 Å². The average Bonchev–Trinajstić information content (AvgIpc) is 3.25. The molecule has 3 aliphatic heterocycles. The summed E-state index contributed by atoms with van der Waals surface area (Å²) in [5.74, 6) is 0.152. The first kappa shape index (κ1) is 21.9. The minimum atomic E-state index is -4.33. The standard InChI is InChI=1S/C22H29F3N4O2/c23-22(24,25)17-5-3-6-18(15-17)27-13-11-26(12-14-27)8-1-2-9-28-16-20(30)29-10-4-7-19(29)21(28)31/h3,5-6,15,19H,1-2,4,7-14,16H2/t19-/m0/s1. The van der Waals surface area contributed by atoms with E-state index in [9.17, 15) is 22.8 Å². The lowest BCUT2D eigenvalue weighted by atomic mass is 10.1. The maximum absolute atomic E-state index is 12.9. The van der Waals surface area contributed by atoms with E-state index in [-0.39, 0.29) is 24.4 Å². The second-order valence-electron chi connectivity index (χ2n) is 8.59. The molecule has 1 aromatic rings. The number of piperazine rings is 2. The van der Waals surface area contributed by atoms with Gasteiger partial charge in [-0.25, -0.2) is 0 Å². The van der Waals surface area contributed by atoms with Gasteiger partial charge in [-0.3, -0.25) is 14.5 Å². The van der Waals surface area contributed by atoms with Crippen molar-refractivity contribution in [3.05, 3.63) is 29.8 Å². The fraction of sp³-hybridized carbons (Fsp3) is 0.636. The fourth-order valence-electron chi connectivity index (χ4n) is 4.80. The number of hydrogen-bond acceptors (Lipinski definition) is 4. The molecule has 0 spiro atoms. The molecule has 3 aliphatic rings. The van der Waals surface area contributed by atoms with Gasteiger partial charge in [0.25, 0.3) is 0 Å². The highest BCUT2D eigenvalue weighted by Crippen LogP contribution is 2.32. The zero-order valence-corrected chi connectivity index (χ0v) is 17.6. The molecule has 0 aromatic heterocycles. The molecule has 3 fully saturated rings. The lowest BCUT2D eigenvalue weighted by Crippen LogP contribution is -2.57. The Labute approximate surface area is 180 Å². The maximum atomic E-state index is 12.9. The first-order chi connectivity index (χ1) is 14.8. The van der Waals surface area contributed by atoms with Gasteiger partial charge < -0.3 is 14.7 Å². The molecule has 2 amide bonds. The summed E-state index contributed by atoms with van der Waals surface area (Å²) in [6.45, 7) is 5.39. The Hall–Kier alpha value is -2.29. The van der Waals surface area contributed by atoms with Gasteiger partial charge in [0.1, 0.15) is 6.04 Å². The number of halogens is 3. The summed E-state index contributed by atoms with van der Waals surface area (Å²) in [7, 11) is 0. The number of unbranched alkanes of at least 4 members (excludes halogenated alkanes) is 1. The van der Waals surface area contributed by atoms with Crippen molar-refractivity contribution < 1.29 is 22.8 Å². The first-order valence-electron chi connectivity index (χ1n) is 11.1. The molecule has 3 heterocycles. The van der Waals surface area contributed by atoms with Gasteiger partial charge in [0.2, 0.25) is 11.8 Å². The van der Waals surface area contributed by atoms with Gasteiger partial charge in [0.05, 0.1) is 12.1 Å². The van der Waals surface area contributed by atoms with Crippen LogP contribution in [0.5, 0.6) is 0 Å². The molecule has 0 N–H and O–H groups in total. The summed E-state index contributed by atoms with van der Waals surface area (Å²) in [5, 5.41) is 0. The van der Waals surface area contributed by atoms with Gasteiger partial charge in [-0.2, -0.15) is 13.2 Å². The van der Waals surface area contributed by atoms with Crippen molar-refractivity contribution in [1.82, 2.24) is 14.7 Å². The number of rotatable bonds is 6. The number of fused-ring (bicyclic) bond motifs is 1. The highest BCUT2D eigenvalue weighted by molar-refractivity contribution is 5.95. The Balaban J connectivity index is 1.18. The molecule has 1 atom stereocenters. The molecule has 0 aliphatic carbocycles. The second kappa shape index (κ2) is 9.06. The molecule has 3 saturated heterocycles. The van der Waals surface area contributed by atoms with E-state index in [1.807, 2.05) is 4.90 Å². The minimum Gasteiger partial charge on any atom is -0.369 e. The molecule has 170 valence electrons. The van der Waals surface area contributed by atoms with Gasteiger partial charge >= 0.3 is 6.18 Å². The van der Waals surface area contributed by atoms with E-state index >= 15 is 0 Å². The lowest BCUT2D eigenvalue weighted by molar-refractivity contribution is -0.153. The Morgan fingerprint density at radius 1 is 0.968 bits per heavy atom. The molecule has 0 unspecified atom stereocenters. The average molecular weight is 438 g/mol. The highest BCUT2D eigenvalue weighted by atomic mass is 19.4. The second-order valence-corrected chi connectivity index (χ2v) is 8.59. The Kier molecular flexibility index (Phi) is 6.41. The Morgan fingerprint density at radius 3 is 2.45 bits per heavy atom. The summed E-state index contributed by atoms with van der Waals surface area (Å²) in [6, 6.07) is 5.27. The van der Waals surface area contributed by atoms with E-state index in [2.05, 4.69) is 4.90 Å². The number of hydrogen-bond donors (Lipinski definition) is 0. The number of carbonyl (C=O) groups excluding carboxylic acids is 2. The van der Waals surface area contributed by atoms with Crippen LogP contribution in [-0.2, 0) is 15.8 Å². The molecule has 31 heavy (non-hydrogen) atoms. The van der Waals surface area contributed by atoms with Crippen molar-refractivity contribution in [3.8, 4) is 0 Å². The number of anilines is 1. The quantitative estimate of drug-likeness (QED) is 0.641. The number of alkyl halides is 3. The number of benzene rings is 1. The van der Waals surface area contributed by atoms with Crippen LogP contribution >= 0.6 is 0 Å². The molecule has 1 aromatic carbocycles. The summed E-state index contributed by atoms with van der Waals surface area (Å²) in [5.41, 5.74) is 0.00241. The van der Waals surface area contributed by atoms with E-state index in [4.69, 9.17) is 0 Å². The summed E-state index contributed by atoms with van der Waals surface area (Å²) in [4.78, 5) is 32.5. The van der Waals surface area contributed by atoms with Crippen LogP contribution in [0.25, 0.3) is 0 Å². The van der Waals surface area contributed by atoms with Crippen LogP contribution in [0.15, 0.2) is 24.3 Å². The van der Waals surface area contributed by atoms with Crippen LogP contribution in [0, 0.1) is 0 Å². The Bertz CT molecular complexity index is 808. The van der Waals surface area contributed by atoms with Crippen LogP contribution in [-0.4, -0.2) is 84.9 Å². The number of carbonyl (C=O) groups is 2. The van der Waals surface area contributed by atoms with E-state index in [0.717, 1.165) is 51.4 Å². The Morgan fingerprint density at radius 2 is 1.71 bits per heavy atom. The van der Waals surface area contributed by atoms with Crippen molar-refractivity contribution in [2.75, 3.05) is 57.3 Å². The van der Waals surface area contributed by atoms with E-state index in [1.54, 1.807) is 15.9 Å². The third kappa shape index (κ3) is 4.97. The van der Waals surface area contributed by atoms with Crippen LogP contribution < -0.4 is 4.90 Å². The molecule has 0 bridgehead atoms. The molecule has 4 rings (SSSR count). The van der Waals surface area contributed by atoms with Gasteiger partial charge in [-0.15, -0.1) is 0 Å². The van der Waals surface area contributed by atoms with Crippen molar-refractivity contribution in [2.45, 2.75) is 37.9 Å². The van der Waals surface area contributed by atoms with Crippen molar-refractivity contribution in [1.29, 1.82) is 0 Å². The SMILES string of the molecule is O=C1[C@@H]2CCCN2C(=O)CN1CCCCN1CCN(c2cccc(C(F)(F)F)c2)CC1. The van der Waals surface area contributed by atoms with Crippen LogP contribution in [0.4, 0.5) is 18.9 Å². The monoisotopic (exact) mass is 438 g/mol. The summed E-state index contributed by atoms with van der Waals surface area (Å²) in [6.07, 6.45) is -0.872. The summed E-state index contributed by atoms with van der Waals surface area (Å²) < 4.78 is 38.8. The highest BCUT2D eigenvalue weighted by Gasteiger charge is 2.41. The van der Waals surface area contributed by atoms with E-state index < -0.39 is 11.7 Å². The maximum Gasteiger partial charge on any atom is 0.416 e. The van der Waals surface area contributed by atoms with Gasteiger partial charge in [-0.05, 0) is 50.4 Å². The smallest absolute Gasteiger partial charge is 0.369 e. The zero-order valence-electron chi connectivity index (χ0n) is 17.6. The van der Waals surface area contributed by atoms with Gasteiger partial charge in [0, 0.05) is 45.0 Å². The third-order valence-corrected chi connectivity index (χ3v) is 6.56. The van der Waals surface area contributed by atoms with Crippen LogP contribution in [0.3, 0.4) is 0 Å². The minimum absolute atomic E-state index is 0.0628. The van der Waals surface area contributed by atoms with Gasteiger partial charge in [-0.1, -0.05) is 6.07 Å². The molecular weight excluding hydrogens is 409 g/mol. The van der Waals surface area contributed by atoms with Gasteiger partial charge in [0.15, 0.2) is 0 Å². The molecule has 9 heteroatoms. The van der Waals surface area contributed by atoms with Crippen LogP contribution in [0.1, 0.15) is 31.2 Å². The van der Waals surface area contributed by atoms with Crippen molar-refractivity contribution in [3.63, 3.8) is 0 Å². The van der Waals surface area contributed by atoms with E-state index in [0.29, 0.717) is 31.9 Å². The molecular formula is C22H29F3N4O2. The number of amides is 2. The summed E-state index contributed by atoms with van der Waals surface area (Å²) >= 11 is 0. The van der Waals surface area contributed by atoms with E-state index in [1.165, 1.54) is 12.1 Å². The predicted molar refractivity (Wildman–Crippen MR) is 111 cm³/mol. The fourth-order valence-corrected chi connectivity index (χ4v) is 4.80. The zero-order chi connectivity index (χ0) is 22.0. The third-order valence-electron chi connectivity index (χ3n) is 6.56. The largest absolute Gasteiger partial charge is 0.416 e. The van der Waals surface area contributed by atoms with Crippen molar-refractivity contribution in [2.24, 2.45) is 0 Å². The molecule has 0 radical (unpaired) electrons. The lowest BCUT2D eigenvalue weighted by Gasteiger charge is -2.37. The topological polar surface area (TPSA) is 47.1 Å². The normalized spacial score (nSPS) is 22.9. The first-order valence-corrected chi connectivity index (χ1v) is 11.1.